The van der Waals surface area contributed by atoms with Gasteiger partial charge in [0.1, 0.15) is 5.82 Å². The van der Waals surface area contributed by atoms with Crippen molar-refractivity contribution in [2.45, 2.75) is 6.54 Å². The van der Waals surface area contributed by atoms with E-state index in [1.807, 2.05) is 0 Å². The molecule has 9 heteroatoms. The second-order valence-electron chi connectivity index (χ2n) is 5.42. The predicted octanol–water partition coefficient (Wildman–Crippen LogP) is 2.87. The first-order chi connectivity index (χ1) is 13.0. The Kier molecular flexibility index (Phi) is 5.72. The molecular weight excluding hydrogens is 371 g/mol. The fraction of sp³-hybridized carbons (Fsp3) is 0.111. The fourth-order valence-corrected chi connectivity index (χ4v) is 2.76. The highest BCUT2D eigenvalue weighted by Gasteiger charge is 2.12. The van der Waals surface area contributed by atoms with Crippen LogP contribution in [-0.4, -0.2) is 28.9 Å². The molecule has 0 saturated heterocycles. The summed E-state index contributed by atoms with van der Waals surface area (Å²) in [4.78, 5) is 33.2. The molecule has 27 heavy (non-hydrogen) atoms. The van der Waals surface area contributed by atoms with Crippen LogP contribution in [0.25, 0.3) is 0 Å². The number of halogens is 1. The Morgan fingerprint density at radius 1 is 1.15 bits per heavy atom. The van der Waals surface area contributed by atoms with Crippen molar-refractivity contribution >= 4 is 28.8 Å². The molecule has 7 nitrogen and oxygen atoms in total. The normalized spacial score (nSPS) is 10.3. The molecule has 1 aromatic carbocycles. The van der Waals surface area contributed by atoms with E-state index in [1.165, 1.54) is 36.8 Å². The number of thiazole rings is 1. The zero-order chi connectivity index (χ0) is 19.2. The number of hydrogen-bond acceptors (Lipinski definition) is 6. The second-order valence-corrected chi connectivity index (χ2v) is 6.39. The molecule has 3 aromatic rings. The SMILES string of the molecule is COc1ccc(C(=O)Nc2cc(F)cc(C(=O)NCc3cncs3)c2)cn1. The van der Waals surface area contributed by atoms with Crippen LogP contribution in [0.3, 0.4) is 0 Å². The monoisotopic (exact) mass is 386 g/mol. The minimum atomic E-state index is -0.636. The van der Waals surface area contributed by atoms with Crippen LogP contribution in [0.15, 0.2) is 48.2 Å². The number of methoxy groups -OCH3 is 1. The summed E-state index contributed by atoms with van der Waals surface area (Å²) >= 11 is 1.40. The van der Waals surface area contributed by atoms with Gasteiger partial charge in [0, 0.05) is 34.6 Å². The molecule has 2 N–H and O–H groups in total. The van der Waals surface area contributed by atoms with Crippen molar-refractivity contribution in [1.29, 1.82) is 0 Å². The number of pyridine rings is 1. The summed E-state index contributed by atoms with van der Waals surface area (Å²) in [5, 5.41) is 5.24. The average Bonchev–Trinajstić information content (AvgIpc) is 3.19. The number of carbonyl (C=O) groups is 2. The maximum Gasteiger partial charge on any atom is 0.257 e. The van der Waals surface area contributed by atoms with Gasteiger partial charge in [0.15, 0.2) is 0 Å². The first-order valence-electron chi connectivity index (χ1n) is 7.82. The predicted molar refractivity (Wildman–Crippen MR) is 98.4 cm³/mol. The van der Waals surface area contributed by atoms with Gasteiger partial charge in [-0.2, -0.15) is 0 Å². The molecule has 0 aliphatic carbocycles. The maximum atomic E-state index is 13.9. The number of nitrogens with one attached hydrogen (secondary N) is 2. The van der Waals surface area contributed by atoms with Crippen LogP contribution in [0, 0.1) is 5.82 Å². The molecule has 0 atom stereocenters. The molecular formula is C18H15FN4O3S. The third kappa shape index (κ3) is 4.85. The van der Waals surface area contributed by atoms with Crippen molar-refractivity contribution < 1.29 is 18.7 Å². The van der Waals surface area contributed by atoms with Crippen molar-refractivity contribution in [3.05, 3.63) is 70.1 Å². The van der Waals surface area contributed by atoms with Crippen LogP contribution in [0.5, 0.6) is 5.88 Å². The molecule has 0 bridgehead atoms. The van der Waals surface area contributed by atoms with Crippen LogP contribution in [-0.2, 0) is 6.54 Å². The van der Waals surface area contributed by atoms with E-state index in [4.69, 9.17) is 4.74 Å². The van der Waals surface area contributed by atoms with Crippen LogP contribution in [0.2, 0.25) is 0 Å². The van der Waals surface area contributed by atoms with Gasteiger partial charge in [-0.1, -0.05) is 0 Å². The van der Waals surface area contributed by atoms with E-state index >= 15 is 0 Å². The number of benzene rings is 1. The van der Waals surface area contributed by atoms with Gasteiger partial charge in [0.25, 0.3) is 11.8 Å². The molecule has 0 radical (unpaired) electrons. The third-order valence-corrected chi connectivity index (χ3v) is 4.31. The summed E-state index contributed by atoms with van der Waals surface area (Å²) in [6.07, 6.45) is 2.99. The Hall–Kier alpha value is -3.33. The maximum absolute atomic E-state index is 13.9. The van der Waals surface area contributed by atoms with Crippen LogP contribution in [0.1, 0.15) is 25.6 Å². The molecule has 0 aliphatic rings. The molecule has 0 spiro atoms. The van der Waals surface area contributed by atoms with Crippen molar-refractivity contribution in [3.63, 3.8) is 0 Å². The summed E-state index contributed by atoms with van der Waals surface area (Å²) in [6.45, 7) is 0.291. The average molecular weight is 386 g/mol. The molecule has 2 aromatic heterocycles. The van der Waals surface area contributed by atoms with E-state index in [9.17, 15) is 14.0 Å². The first-order valence-corrected chi connectivity index (χ1v) is 8.70. The van der Waals surface area contributed by atoms with E-state index < -0.39 is 17.6 Å². The Morgan fingerprint density at radius 2 is 2.00 bits per heavy atom. The number of amides is 2. The van der Waals surface area contributed by atoms with E-state index in [2.05, 4.69) is 20.6 Å². The lowest BCUT2D eigenvalue weighted by Crippen LogP contribution is -2.23. The molecule has 2 amide bonds. The number of ether oxygens (including phenoxy) is 1. The second kappa shape index (κ2) is 8.37. The van der Waals surface area contributed by atoms with Crippen molar-refractivity contribution in [3.8, 4) is 5.88 Å². The van der Waals surface area contributed by atoms with Gasteiger partial charge in [-0.3, -0.25) is 14.6 Å². The van der Waals surface area contributed by atoms with Gasteiger partial charge in [-0.05, 0) is 24.3 Å². The molecule has 2 heterocycles. The highest BCUT2D eigenvalue weighted by molar-refractivity contribution is 7.09. The smallest absolute Gasteiger partial charge is 0.257 e. The number of hydrogen-bond donors (Lipinski definition) is 2. The van der Waals surface area contributed by atoms with E-state index in [1.54, 1.807) is 17.8 Å². The molecule has 0 fully saturated rings. The van der Waals surface area contributed by atoms with E-state index in [0.29, 0.717) is 12.4 Å². The fourth-order valence-electron chi connectivity index (χ4n) is 2.23. The highest BCUT2D eigenvalue weighted by Crippen LogP contribution is 2.16. The minimum absolute atomic E-state index is 0.0997. The number of nitrogens with zero attached hydrogens (tertiary/aromatic N) is 2. The lowest BCUT2D eigenvalue weighted by molar-refractivity contribution is 0.0949. The van der Waals surface area contributed by atoms with Gasteiger partial charge in [-0.15, -0.1) is 11.3 Å². The lowest BCUT2D eigenvalue weighted by atomic mass is 10.1. The summed E-state index contributed by atoms with van der Waals surface area (Å²) in [5.41, 5.74) is 2.20. The molecule has 0 aliphatic heterocycles. The van der Waals surface area contributed by atoms with Crippen LogP contribution in [0.4, 0.5) is 10.1 Å². The molecule has 3 rings (SSSR count). The number of aromatic nitrogens is 2. The molecule has 0 unspecified atom stereocenters. The Balaban J connectivity index is 1.70. The van der Waals surface area contributed by atoms with E-state index in [0.717, 1.165) is 17.0 Å². The number of rotatable bonds is 6. The zero-order valence-electron chi connectivity index (χ0n) is 14.2. The Labute approximate surface area is 158 Å². The summed E-state index contributed by atoms with van der Waals surface area (Å²) in [5.74, 6) is -1.20. The minimum Gasteiger partial charge on any atom is -0.481 e. The summed E-state index contributed by atoms with van der Waals surface area (Å²) < 4.78 is 18.8. The Bertz CT molecular complexity index is 946. The van der Waals surface area contributed by atoms with Gasteiger partial charge in [-0.25, -0.2) is 9.37 Å². The summed E-state index contributed by atoms with van der Waals surface area (Å²) in [7, 11) is 1.47. The van der Waals surface area contributed by atoms with E-state index in [-0.39, 0.29) is 16.8 Å². The first kappa shape index (κ1) is 18.5. The van der Waals surface area contributed by atoms with Crippen LogP contribution >= 0.6 is 11.3 Å². The molecule has 0 saturated carbocycles. The highest BCUT2D eigenvalue weighted by atomic mass is 32.1. The number of carbonyl (C=O) groups excluding carboxylic acids is 2. The number of anilines is 1. The van der Waals surface area contributed by atoms with Gasteiger partial charge < -0.3 is 15.4 Å². The van der Waals surface area contributed by atoms with Gasteiger partial charge in [0.05, 0.1) is 24.7 Å². The standard InChI is InChI=1S/C18H15FN4O3S/c1-26-16-3-2-11(7-21-16)18(25)23-14-5-12(4-13(19)6-14)17(24)22-9-15-8-20-10-27-15/h2-8,10H,9H2,1H3,(H,22,24)(H,23,25). The Morgan fingerprint density at radius 3 is 2.67 bits per heavy atom. The summed E-state index contributed by atoms with van der Waals surface area (Å²) in [6, 6.07) is 6.71. The van der Waals surface area contributed by atoms with Crippen molar-refractivity contribution in [1.82, 2.24) is 15.3 Å². The van der Waals surface area contributed by atoms with Crippen molar-refractivity contribution in [2.75, 3.05) is 12.4 Å². The quantitative estimate of drug-likeness (QED) is 0.680. The largest absolute Gasteiger partial charge is 0.481 e. The van der Waals surface area contributed by atoms with Gasteiger partial charge >= 0.3 is 0 Å². The molecule has 138 valence electrons. The third-order valence-electron chi connectivity index (χ3n) is 3.53. The van der Waals surface area contributed by atoms with Gasteiger partial charge in [0.2, 0.25) is 5.88 Å². The topological polar surface area (TPSA) is 93.2 Å². The van der Waals surface area contributed by atoms with Crippen molar-refractivity contribution in [2.24, 2.45) is 0 Å². The zero-order valence-corrected chi connectivity index (χ0v) is 15.0. The van der Waals surface area contributed by atoms with Crippen LogP contribution < -0.4 is 15.4 Å². The lowest BCUT2D eigenvalue weighted by Gasteiger charge is -2.09.